The first-order chi connectivity index (χ1) is 5.79. The lowest BCUT2D eigenvalue weighted by Crippen LogP contribution is -2.25. The van der Waals surface area contributed by atoms with Crippen LogP contribution in [0.5, 0.6) is 0 Å². The molecule has 0 bridgehead atoms. The van der Waals surface area contributed by atoms with E-state index in [2.05, 4.69) is 4.98 Å². The summed E-state index contributed by atoms with van der Waals surface area (Å²) < 4.78 is 7.44. The van der Waals surface area contributed by atoms with E-state index in [1.54, 1.807) is 6.20 Å². The van der Waals surface area contributed by atoms with Crippen LogP contribution in [-0.2, 0) is 11.8 Å². The number of ether oxygens (including phenoxy) is 1. The number of aryl methyl sites for hydroxylation is 1. The maximum absolute atomic E-state index is 5.86. The van der Waals surface area contributed by atoms with Crippen LogP contribution in [-0.4, -0.2) is 22.2 Å². The van der Waals surface area contributed by atoms with E-state index in [0.29, 0.717) is 0 Å². The Morgan fingerprint density at radius 1 is 1.75 bits per heavy atom. The number of imidazole rings is 1. The zero-order valence-corrected chi connectivity index (χ0v) is 7.10. The lowest BCUT2D eigenvalue weighted by atomic mass is 10.1. The summed E-state index contributed by atoms with van der Waals surface area (Å²) in [6.45, 7) is 0.749. The molecule has 0 aliphatic carbocycles. The monoisotopic (exact) mass is 167 g/mol. The van der Waals surface area contributed by atoms with Crippen molar-refractivity contribution < 1.29 is 4.74 Å². The first-order valence-corrected chi connectivity index (χ1v) is 4.13. The quantitative estimate of drug-likeness (QED) is 0.650. The van der Waals surface area contributed by atoms with Crippen molar-refractivity contribution in [1.29, 1.82) is 0 Å². The summed E-state index contributed by atoms with van der Waals surface area (Å²) in [6.07, 6.45) is 4.59. The van der Waals surface area contributed by atoms with E-state index < -0.39 is 0 Å². The van der Waals surface area contributed by atoms with Crippen LogP contribution >= 0.6 is 0 Å². The van der Waals surface area contributed by atoms with Crippen LogP contribution in [0.4, 0.5) is 0 Å². The molecule has 0 saturated carbocycles. The molecule has 2 atom stereocenters. The van der Waals surface area contributed by atoms with Gasteiger partial charge in [0.1, 0.15) is 11.9 Å². The molecule has 1 aromatic rings. The number of hydrogen-bond acceptors (Lipinski definition) is 3. The van der Waals surface area contributed by atoms with Crippen LogP contribution < -0.4 is 5.73 Å². The van der Waals surface area contributed by atoms with Crippen molar-refractivity contribution >= 4 is 0 Å². The minimum Gasteiger partial charge on any atom is -0.369 e. The summed E-state index contributed by atoms with van der Waals surface area (Å²) in [4.78, 5) is 4.21. The summed E-state index contributed by atoms with van der Waals surface area (Å²) in [7, 11) is 1.96. The van der Waals surface area contributed by atoms with E-state index >= 15 is 0 Å². The molecule has 12 heavy (non-hydrogen) atoms. The third kappa shape index (κ3) is 1.13. The molecule has 1 aliphatic rings. The van der Waals surface area contributed by atoms with Gasteiger partial charge in [0.05, 0.1) is 0 Å². The van der Waals surface area contributed by atoms with Crippen molar-refractivity contribution in [2.24, 2.45) is 12.8 Å². The topological polar surface area (TPSA) is 53.1 Å². The van der Waals surface area contributed by atoms with Gasteiger partial charge in [-0.3, -0.25) is 0 Å². The second-order valence-corrected chi connectivity index (χ2v) is 3.14. The maximum Gasteiger partial charge on any atom is 0.139 e. The van der Waals surface area contributed by atoms with Gasteiger partial charge in [0.2, 0.25) is 0 Å². The van der Waals surface area contributed by atoms with E-state index in [0.717, 1.165) is 18.9 Å². The Morgan fingerprint density at radius 2 is 2.58 bits per heavy atom. The molecule has 66 valence electrons. The summed E-state index contributed by atoms with van der Waals surface area (Å²) in [5, 5.41) is 0. The van der Waals surface area contributed by atoms with Gasteiger partial charge in [-0.05, 0) is 6.42 Å². The second-order valence-electron chi connectivity index (χ2n) is 3.14. The number of nitrogens with zero attached hydrogens (tertiary/aromatic N) is 2. The summed E-state index contributed by atoms with van der Waals surface area (Å²) >= 11 is 0. The molecule has 1 aromatic heterocycles. The third-order valence-electron chi connectivity index (χ3n) is 2.25. The fraction of sp³-hybridized carbons (Fsp3) is 0.625. The molecule has 4 nitrogen and oxygen atoms in total. The van der Waals surface area contributed by atoms with E-state index in [9.17, 15) is 0 Å². The van der Waals surface area contributed by atoms with Gasteiger partial charge in [0, 0.05) is 32.1 Å². The second kappa shape index (κ2) is 2.88. The molecule has 0 radical (unpaired) electrons. The highest BCUT2D eigenvalue weighted by Gasteiger charge is 2.29. The van der Waals surface area contributed by atoms with Gasteiger partial charge in [-0.15, -0.1) is 0 Å². The van der Waals surface area contributed by atoms with Gasteiger partial charge >= 0.3 is 0 Å². The zero-order chi connectivity index (χ0) is 8.55. The fourth-order valence-corrected chi connectivity index (χ4v) is 1.52. The zero-order valence-electron chi connectivity index (χ0n) is 7.10. The molecular formula is C8H13N3O. The van der Waals surface area contributed by atoms with Crippen LogP contribution in [0.1, 0.15) is 18.3 Å². The van der Waals surface area contributed by atoms with Gasteiger partial charge in [-0.1, -0.05) is 0 Å². The van der Waals surface area contributed by atoms with E-state index in [4.69, 9.17) is 10.5 Å². The highest BCUT2D eigenvalue weighted by atomic mass is 16.5. The number of nitrogens with two attached hydrogens (primary N) is 1. The first kappa shape index (κ1) is 7.76. The van der Waals surface area contributed by atoms with Crippen LogP contribution in [0.15, 0.2) is 12.4 Å². The average molecular weight is 167 g/mol. The minimum absolute atomic E-state index is 0.00926. The van der Waals surface area contributed by atoms with Crippen molar-refractivity contribution in [1.82, 2.24) is 9.55 Å². The van der Waals surface area contributed by atoms with Crippen molar-refractivity contribution in [2.45, 2.75) is 18.6 Å². The smallest absolute Gasteiger partial charge is 0.139 e. The average Bonchev–Trinajstić information content (AvgIpc) is 2.59. The summed E-state index contributed by atoms with van der Waals surface area (Å²) in [5.41, 5.74) is 5.86. The van der Waals surface area contributed by atoms with Crippen molar-refractivity contribution in [3.8, 4) is 0 Å². The minimum atomic E-state index is -0.00926. The molecule has 4 heteroatoms. The van der Waals surface area contributed by atoms with Crippen LogP contribution in [0, 0.1) is 0 Å². The van der Waals surface area contributed by atoms with Gasteiger partial charge in [-0.2, -0.15) is 0 Å². The lowest BCUT2D eigenvalue weighted by Gasteiger charge is -2.13. The van der Waals surface area contributed by atoms with Gasteiger partial charge in [0.25, 0.3) is 0 Å². The third-order valence-corrected chi connectivity index (χ3v) is 2.25. The van der Waals surface area contributed by atoms with Crippen molar-refractivity contribution in [3.63, 3.8) is 0 Å². The predicted molar refractivity (Wildman–Crippen MR) is 44.5 cm³/mol. The molecule has 1 fully saturated rings. The molecule has 0 spiro atoms. The van der Waals surface area contributed by atoms with E-state index in [-0.39, 0.29) is 12.1 Å². The Bertz CT molecular complexity index is 271. The Labute approximate surface area is 71.3 Å². The van der Waals surface area contributed by atoms with Crippen LogP contribution in [0.25, 0.3) is 0 Å². The van der Waals surface area contributed by atoms with Crippen LogP contribution in [0.3, 0.4) is 0 Å². The molecule has 0 aromatic carbocycles. The van der Waals surface area contributed by atoms with Gasteiger partial charge in [-0.25, -0.2) is 4.98 Å². The molecule has 0 unspecified atom stereocenters. The summed E-state index contributed by atoms with van der Waals surface area (Å²) in [5.74, 6) is 0.931. The maximum atomic E-state index is 5.86. The Hall–Kier alpha value is -0.870. The molecule has 2 N–H and O–H groups in total. The van der Waals surface area contributed by atoms with E-state index in [1.807, 2.05) is 17.8 Å². The Morgan fingerprint density at radius 3 is 3.08 bits per heavy atom. The highest BCUT2D eigenvalue weighted by Crippen LogP contribution is 2.25. The van der Waals surface area contributed by atoms with E-state index in [1.165, 1.54) is 0 Å². The largest absolute Gasteiger partial charge is 0.369 e. The van der Waals surface area contributed by atoms with Crippen molar-refractivity contribution in [2.75, 3.05) is 6.61 Å². The standard InChI is InChI=1S/C8H13N3O/c1-11-4-3-10-8(11)7-6(9)2-5-12-7/h3-4,6-7H,2,5,9H2,1H3/t6-,7+/m0/s1. The molecule has 1 aliphatic heterocycles. The molecule has 2 rings (SSSR count). The first-order valence-electron chi connectivity index (χ1n) is 4.13. The normalized spacial score (nSPS) is 29.5. The number of rotatable bonds is 1. The highest BCUT2D eigenvalue weighted by molar-refractivity contribution is 5.01. The summed E-state index contributed by atoms with van der Waals surface area (Å²) in [6, 6.07) is 0.103. The molecular weight excluding hydrogens is 154 g/mol. The SMILES string of the molecule is Cn1ccnc1[C@@H]1OCC[C@@H]1N. The van der Waals surface area contributed by atoms with Crippen molar-refractivity contribution in [3.05, 3.63) is 18.2 Å². The Kier molecular flexibility index (Phi) is 1.86. The van der Waals surface area contributed by atoms with Gasteiger partial charge in [0.15, 0.2) is 0 Å². The predicted octanol–water partition coefficient (Wildman–Crippen LogP) is 0.209. The fourth-order valence-electron chi connectivity index (χ4n) is 1.52. The number of hydrogen-bond donors (Lipinski definition) is 1. The van der Waals surface area contributed by atoms with Gasteiger partial charge < -0.3 is 15.0 Å². The molecule has 2 heterocycles. The molecule has 0 amide bonds. The lowest BCUT2D eigenvalue weighted by molar-refractivity contribution is 0.0957. The Balaban J connectivity index is 2.24. The van der Waals surface area contributed by atoms with Crippen LogP contribution in [0.2, 0.25) is 0 Å². The molecule has 1 saturated heterocycles. The number of aromatic nitrogens is 2.